The monoisotopic (exact) mass is 423 g/mol. The van der Waals surface area contributed by atoms with Crippen molar-refractivity contribution in [2.75, 3.05) is 26.2 Å². The van der Waals surface area contributed by atoms with Crippen LogP contribution >= 0.6 is 0 Å². The molecular weight excluding hydrogens is 390 g/mol. The number of benzene rings is 1. The number of nitrogens with one attached hydrogen (secondary N) is 1. The number of rotatable bonds is 8. The van der Waals surface area contributed by atoms with Gasteiger partial charge in [-0.1, -0.05) is 25.1 Å². The van der Waals surface area contributed by atoms with Crippen LogP contribution in [0, 0.1) is 5.92 Å². The third-order valence-electron chi connectivity index (χ3n) is 6.37. The van der Waals surface area contributed by atoms with E-state index in [1.54, 1.807) is 13.2 Å². The smallest absolute Gasteiger partial charge is 0.291 e. The van der Waals surface area contributed by atoms with Gasteiger partial charge in [0, 0.05) is 49.4 Å². The first-order chi connectivity index (χ1) is 15.0. The molecule has 3 heterocycles. The van der Waals surface area contributed by atoms with Gasteiger partial charge in [0.25, 0.3) is 5.56 Å². The number of amides is 1. The van der Waals surface area contributed by atoms with E-state index in [1.807, 2.05) is 28.8 Å². The average molecular weight is 424 g/mol. The number of hydrogen-bond acceptors (Lipinski definition) is 4. The largest absolute Gasteiger partial charge is 0.356 e. The minimum absolute atomic E-state index is 0.0855. The number of para-hydroxylation sites is 1. The zero-order valence-electron chi connectivity index (χ0n) is 18.6. The van der Waals surface area contributed by atoms with Crippen LogP contribution in [0.5, 0.6) is 0 Å². The maximum absolute atomic E-state index is 12.7. The van der Waals surface area contributed by atoms with Gasteiger partial charge in [-0.3, -0.25) is 9.59 Å². The van der Waals surface area contributed by atoms with E-state index in [1.165, 1.54) is 30.6 Å². The summed E-state index contributed by atoms with van der Waals surface area (Å²) in [4.78, 5) is 27.6. The van der Waals surface area contributed by atoms with Crippen molar-refractivity contribution in [3.63, 3.8) is 0 Å². The lowest BCUT2D eigenvalue weighted by Crippen LogP contribution is -2.36. The van der Waals surface area contributed by atoms with E-state index in [9.17, 15) is 9.59 Å². The van der Waals surface area contributed by atoms with Crippen LogP contribution < -0.4 is 10.9 Å². The second-order valence-electron chi connectivity index (χ2n) is 8.86. The van der Waals surface area contributed by atoms with E-state index in [0.717, 1.165) is 41.7 Å². The lowest BCUT2D eigenvalue weighted by molar-refractivity contribution is -0.121. The van der Waals surface area contributed by atoms with Gasteiger partial charge >= 0.3 is 0 Å². The van der Waals surface area contributed by atoms with Crippen molar-refractivity contribution in [2.45, 2.75) is 45.6 Å². The number of aromatic nitrogens is 3. The van der Waals surface area contributed by atoms with Crippen LogP contribution in [0.4, 0.5) is 0 Å². The predicted molar refractivity (Wildman–Crippen MR) is 124 cm³/mol. The van der Waals surface area contributed by atoms with Gasteiger partial charge in [-0.25, -0.2) is 4.68 Å². The van der Waals surface area contributed by atoms with Crippen LogP contribution in [-0.4, -0.2) is 51.3 Å². The Kier molecular flexibility index (Phi) is 6.70. The average Bonchev–Trinajstić information content (AvgIpc) is 3.08. The van der Waals surface area contributed by atoms with Crippen molar-refractivity contribution in [3.8, 4) is 0 Å². The summed E-state index contributed by atoms with van der Waals surface area (Å²) in [6.07, 6.45) is 6.52. The van der Waals surface area contributed by atoms with Crippen LogP contribution in [0.25, 0.3) is 21.8 Å². The Morgan fingerprint density at radius 3 is 2.87 bits per heavy atom. The summed E-state index contributed by atoms with van der Waals surface area (Å²) in [5.41, 5.74) is 1.57. The molecule has 1 aliphatic rings. The number of nitrogens with zero attached hydrogens (tertiary/aromatic N) is 4. The highest BCUT2D eigenvalue weighted by Crippen LogP contribution is 2.26. The minimum Gasteiger partial charge on any atom is -0.356 e. The molecular formula is C24H33N5O2. The Labute approximate surface area is 183 Å². The molecule has 0 radical (unpaired) electrons. The Bertz CT molecular complexity index is 1120. The molecule has 1 aliphatic heterocycles. The van der Waals surface area contributed by atoms with Gasteiger partial charge in [0.05, 0.1) is 6.20 Å². The predicted octanol–water partition coefficient (Wildman–Crippen LogP) is 2.91. The summed E-state index contributed by atoms with van der Waals surface area (Å²) >= 11 is 0. The van der Waals surface area contributed by atoms with Gasteiger partial charge in [0.15, 0.2) is 0 Å². The highest BCUT2D eigenvalue weighted by Gasteiger charge is 2.16. The van der Waals surface area contributed by atoms with Gasteiger partial charge < -0.3 is 14.8 Å². The molecule has 31 heavy (non-hydrogen) atoms. The van der Waals surface area contributed by atoms with Crippen molar-refractivity contribution in [1.29, 1.82) is 0 Å². The Hall–Kier alpha value is -2.67. The number of hydrogen-bond donors (Lipinski definition) is 1. The Balaban J connectivity index is 1.31. The van der Waals surface area contributed by atoms with E-state index in [-0.39, 0.29) is 11.5 Å². The highest BCUT2D eigenvalue weighted by molar-refractivity contribution is 6.07. The lowest BCUT2D eigenvalue weighted by Gasteiger charge is -2.30. The molecule has 7 heteroatoms. The van der Waals surface area contributed by atoms with Crippen LogP contribution in [0.2, 0.25) is 0 Å². The van der Waals surface area contributed by atoms with E-state index in [4.69, 9.17) is 0 Å². The maximum Gasteiger partial charge on any atom is 0.291 e. The van der Waals surface area contributed by atoms with Crippen molar-refractivity contribution >= 4 is 27.7 Å². The highest BCUT2D eigenvalue weighted by atomic mass is 16.1. The number of aryl methyl sites for hydroxylation is 2. The summed E-state index contributed by atoms with van der Waals surface area (Å²) in [6, 6.07) is 7.99. The second kappa shape index (κ2) is 9.64. The SMILES string of the molecule is C[C@@H]1CCCN(CCCNC(=O)CCCn2c3ccccc3c3cnn(C)c(=O)c32)C1. The minimum atomic E-state index is -0.106. The van der Waals surface area contributed by atoms with Gasteiger partial charge in [-0.2, -0.15) is 5.10 Å². The maximum atomic E-state index is 12.7. The van der Waals surface area contributed by atoms with Crippen molar-refractivity contribution in [3.05, 3.63) is 40.8 Å². The van der Waals surface area contributed by atoms with E-state index in [0.29, 0.717) is 24.9 Å². The van der Waals surface area contributed by atoms with Crippen molar-refractivity contribution in [1.82, 2.24) is 24.6 Å². The number of fused-ring (bicyclic) bond motifs is 3. The van der Waals surface area contributed by atoms with Gasteiger partial charge in [-0.05, 0) is 50.8 Å². The molecule has 1 N–H and O–H groups in total. The quantitative estimate of drug-likeness (QED) is 0.566. The molecule has 0 spiro atoms. The van der Waals surface area contributed by atoms with Crippen LogP contribution in [0.3, 0.4) is 0 Å². The first kappa shape index (κ1) is 21.6. The normalized spacial score (nSPS) is 17.4. The lowest BCUT2D eigenvalue weighted by atomic mass is 10.0. The summed E-state index contributed by atoms with van der Waals surface area (Å²) in [5.74, 6) is 0.874. The Morgan fingerprint density at radius 2 is 2.03 bits per heavy atom. The molecule has 0 saturated carbocycles. The molecule has 0 bridgehead atoms. The van der Waals surface area contributed by atoms with E-state index >= 15 is 0 Å². The number of carbonyl (C=O) groups excluding carboxylic acids is 1. The summed E-state index contributed by atoms with van der Waals surface area (Å²) < 4.78 is 3.41. The first-order valence-electron chi connectivity index (χ1n) is 11.5. The second-order valence-corrected chi connectivity index (χ2v) is 8.86. The molecule has 3 aromatic rings. The molecule has 1 aromatic carbocycles. The van der Waals surface area contributed by atoms with E-state index in [2.05, 4.69) is 22.2 Å². The molecule has 7 nitrogen and oxygen atoms in total. The summed E-state index contributed by atoms with van der Waals surface area (Å²) in [6.45, 7) is 7.10. The van der Waals surface area contributed by atoms with Gasteiger partial charge in [0.1, 0.15) is 5.52 Å². The number of carbonyl (C=O) groups is 1. The van der Waals surface area contributed by atoms with Gasteiger partial charge in [-0.15, -0.1) is 0 Å². The summed E-state index contributed by atoms with van der Waals surface area (Å²) in [5, 5.41) is 9.14. The molecule has 0 aliphatic carbocycles. The molecule has 2 aromatic heterocycles. The molecule has 0 unspecified atom stereocenters. The van der Waals surface area contributed by atoms with E-state index < -0.39 is 0 Å². The first-order valence-corrected chi connectivity index (χ1v) is 11.5. The fraction of sp³-hybridized carbons (Fsp3) is 0.542. The molecule has 166 valence electrons. The molecule has 1 atom stereocenters. The summed E-state index contributed by atoms with van der Waals surface area (Å²) in [7, 11) is 1.67. The third kappa shape index (κ3) is 4.82. The number of likely N-dealkylation sites (tertiary alicyclic amines) is 1. The molecule has 1 amide bonds. The zero-order valence-corrected chi connectivity index (χ0v) is 18.6. The third-order valence-corrected chi connectivity index (χ3v) is 6.37. The molecule has 4 rings (SSSR count). The molecule has 1 saturated heterocycles. The Morgan fingerprint density at radius 1 is 1.19 bits per heavy atom. The van der Waals surface area contributed by atoms with Crippen LogP contribution in [0.15, 0.2) is 35.3 Å². The van der Waals surface area contributed by atoms with Gasteiger partial charge in [0.2, 0.25) is 5.91 Å². The van der Waals surface area contributed by atoms with Crippen molar-refractivity contribution in [2.24, 2.45) is 13.0 Å². The zero-order chi connectivity index (χ0) is 21.8. The van der Waals surface area contributed by atoms with Crippen LogP contribution in [-0.2, 0) is 18.4 Å². The fourth-order valence-electron chi connectivity index (χ4n) is 4.78. The number of piperidine rings is 1. The topological polar surface area (TPSA) is 72.2 Å². The molecule has 1 fully saturated rings. The van der Waals surface area contributed by atoms with Crippen molar-refractivity contribution < 1.29 is 4.79 Å². The van der Waals surface area contributed by atoms with Crippen LogP contribution in [0.1, 0.15) is 39.0 Å². The standard InChI is InChI=1S/C24H33N5O2/c1-18-8-5-13-28(17-18)14-7-12-25-22(30)11-6-15-29-21-10-4-3-9-19(21)20-16-26-27(2)24(31)23(20)29/h3-4,9-10,16,18H,5-8,11-15,17H2,1-2H3,(H,25,30)/t18-/m1/s1. The fourth-order valence-corrected chi connectivity index (χ4v) is 4.78.